The predicted octanol–water partition coefficient (Wildman–Crippen LogP) is 4.45. The fourth-order valence-corrected chi connectivity index (χ4v) is 3.85. The van der Waals surface area contributed by atoms with Crippen LogP contribution in [-0.2, 0) is 11.2 Å². The van der Waals surface area contributed by atoms with E-state index in [9.17, 15) is 14.7 Å². The van der Waals surface area contributed by atoms with Crippen molar-refractivity contribution in [3.63, 3.8) is 0 Å². The number of amides is 1. The van der Waals surface area contributed by atoms with Gasteiger partial charge in [0.05, 0.1) is 23.5 Å². The Morgan fingerprint density at radius 1 is 1.13 bits per heavy atom. The van der Waals surface area contributed by atoms with Crippen LogP contribution in [0.1, 0.15) is 48.7 Å². The molecule has 2 aliphatic heterocycles. The van der Waals surface area contributed by atoms with Crippen molar-refractivity contribution in [3.8, 4) is 5.75 Å². The van der Waals surface area contributed by atoms with E-state index in [1.807, 2.05) is 51.1 Å². The van der Waals surface area contributed by atoms with Gasteiger partial charge in [-0.3, -0.25) is 4.99 Å². The van der Waals surface area contributed by atoms with E-state index in [0.29, 0.717) is 37.4 Å². The van der Waals surface area contributed by atoms with Crippen LogP contribution < -0.4 is 4.74 Å². The van der Waals surface area contributed by atoms with E-state index in [1.54, 1.807) is 17.0 Å². The first-order valence-corrected chi connectivity index (χ1v) is 10.4. The summed E-state index contributed by atoms with van der Waals surface area (Å²) in [6.07, 6.45) is 0.783. The van der Waals surface area contributed by atoms with Crippen LogP contribution in [-0.4, -0.2) is 52.6 Å². The van der Waals surface area contributed by atoms with Gasteiger partial charge in [-0.25, -0.2) is 9.59 Å². The van der Waals surface area contributed by atoms with Crippen LogP contribution in [0.15, 0.2) is 47.5 Å². The zero-order valence-corrected chi connectivity index (χ0v) is 17.9. The number of para-hydroxylation sites is 2. The molecule has 0 radical (unpaired) electrons. The molecule has 0 saturated carbocycles. The van der Waals surface area contributed by atoms with Crippen molar-refractivity contribution in [2.75, 3.05) is 13.1 Å². The lowest BCUT2D eigenvalue weighted by Gasteiger charge is -2.24. The summed E-state index contributed by atoms with van der Waals surface area (Å²) in [6.45, 7) is 6.58. The van der Waals surface area contributed by atoms with Crippen LogP contribution in [0.4, 0.5) is 10.5 Å². The molecule has 4 rings (SSSR count). The van der Waals surface area contributed by atoms with E-state index in [1.165, 1.54) is 0 Å². The number of fused-ring (bicyclic) bond motifs is 1. The maximum Gasteiger partial charge on any atom is 0.410 e. The van der Waals surface area contributed by atoms with Crippen LogP contribution in [0.2, 0.25) is 0 Å². The quantitative estimate of drug-likeness (QED) is 0.786. The number of aromatic carboxylic acids is 1. The van der Waals surface area contributed by atoms with Crippen LogP contribution in [0.3, 0.4) is 0 Å². The Morgan fingerprint density at radius 2 is 1.90 bits per heavy atom. The summed E-state index contributed by atoms with van der Waals surface area (Å²) < 4.78 is 11.7. The smallest absolute Gasteiger partial charge is 0.410 e. The molecule has 0 aliphatic carbocycles. The molecule has 0 bridgehead atoms. The average molecular weight is 422 g/mol. The summed E-state index contributed by atoms with van der Waals surface area (Å²) in [7, 11) is 0. The molecule has 1 atom stereocenters. The number of likely N-dealkylation sites (tertiary alicyclic amines) is 1. The number of rotatable bonds is 4. The Balaban J connectivity index is 1.51. The minimum Gasteiger partial charge on any atom is -0.488 e. The van der Waals surface area contributed by atoms with Crippen LogP contribution in [0.5, 0.6) is 5.75 Å². The van der Waals surface area contributed by atoms with Crippen LogP contribution in [0.25, 0.3) is 0 Å². The molecule has 2 aromatic carbocycles. The lowest BCUT2D eigenvalue weighted by Crippen LogP contribution is -2.36. The number of aliphatic imine (C=N–C) groups is 1. The lowest BCUT2D eigenvalue weighted by atomic mass is 10.0. The number of hydrogen-bond acceptors (Lipinski definition) is 5. The largest absolute Gasteiger partial charge is 0.488 e. The number of benzene rings is 2. The molecule has 1 unspecified atom stereocenters. The van der Waals surface area contributed by atoms with Gasteiger partial charge in [0, 0.05) is 24.9 Å². The Labute approximate surface area is 181 Å². The van der Waals surface area contributed by atoms with Gasteiger partial charge in [0.25, 0.3) is 0 Å². The molecular weight excluding hydrogens is 396 g/mol. The zero-order chi connectivity index (χ0) is 22.2. The van der Waals surface area contributed by atoms with Crippen molar-refractivity contribution < 1.29 is 24.2 Å². The second-order valence-electron chi connectivity index (χ2n) is 8.80. The number of carbonyl (C=O) groups excluding carboxylic acids is 1. The predicted molar refractivity (Wildman–Crippen MR) is 117 cm³/mol. The first-order chi connectivity index (χ1) is 14.7. The van der Waals surface area contributed by atoms with Gasteiger partial charge in [0.2, 0.25) is 0 Å². The lowest BCUT2D eigenvalue weighted by molar-refractivity contribution is 0.0275. The monoisotopic (exact) mass is 422 g/mol. The molecule has 2 heterocycles. The molecule has 2 aromatic rings. The normalized spacial score (nSPS) is 17.8. The maximum atomic E-state index is 12.3. The third kappa shape index (κ3) is 4.55. The van der Waals surface area contributed by atoms with E-state index in [-0.39, 0.29) is 17.8 Å². The third-order valence-corrected chi connectivity index (χ3v) is 5.24. The van der Waals surface area contributed by atoms with E-state index in [4.69, 9.17) is 9.47 Å². The molecule has 1 fully saturated rings. The van der Waals surface area contributed by atoms with E-state index in [0.717, 1.165) is 16.8 Å². The number of carboxylic acid groups (broad SMARTS) is 1. The van der Waals surface area contributed by atoms with Gasteiger partial charge in [-0.2, -0.15) is 0 Å². The Bertz CT molecular complexity index is 1050. The highest BCUT2D eigenvalue weighted by Gasteiger charge is 2.32. The van der Waals surface area contributed by atoms with E-state index >= 15 is 0 Å². The summed E-state index contributed by atoms with van der Waals surface area (Å²) in [4.78, 5) is 30.2. The standard InChI is InChI=1S/C24H26N2O5/c1-24(2,3)31-23(29)26-12-11-16(14-26)30-20-10-5-4-8-17(20)19-13-15-7-6-9-18(22(27)28)21(15)25-19/h4-10,16H,11-14H2,1-3H3,(H,27,28). The summed E-state index contributed by atoms with van der Waals surface area (Å²) >= 11 is 0. The van der Waals surface area contributed by atoms with Crippen molar-refractivity contribution in [2.24, 2.45) is 4.99 Å². The van der Waals surface area contributed by atoms with Crippen LogP contribution >= 0.6 is 0 Å². The molecule has 7 nitrogen and oxygen atoms in total. The fourth-order valence-electron chi connectivity index (χ4n) is 3.85. The molecule has 1 N–H and O–H groups in total. The molecule has 162 valence electrons. The third-order valence-electron chi connectivity index (χ3n) is 5.24. The minimum absolute atomic E-state index is 0.146. The second-order valence-corrected chi connectivity index (χ2v) is 8.80. The highest BCUT2D eigenvalue weighted by atomic mass is 16.6. The molecule has 1 amide bonds. The van der Waals surface area contributed by atoms with Crippen molar-refractivity contribution in [2.45, 2.75) is 45.3 Å². The van der Waals surface area contributed by atoms with Gasteiger partial charge in [-0.05, 0) is 44.5 Å². The molecule has 7 heteroatoms. The number of carboxylic acids is 1. The molecule has 0 aromatic heterocycles. The topological polar surface area (TPSA) is 88.4 Å². The van der Waals surface area contributed by atoms with Crippen molar-refractivity contribution >= 4 is 23.5 Å². The van der Waals surface area contributed by atoms with E-state index in [2.05, 4.69) is 4.99 Å². The number of carbonyl (C=O) groups is 2. The summed E-state index contributed by atoms with van der Waals surface area (Å²) in [5.41, 5.74) is 2.69. The maximum absolute atomic E-state index is 12.3. The molecule has 2 aliphatic rings. The Kier molecular flexibility index (Phi) is 5.43. The summed E-state index contributed by atoms with van der Waals surface area (Å²) in [6, 6.07) is 12.8. The first-order valence-electron chi connectivity index (χ1n) is 10.4. The Hall–Kier alpha value is -3.35. The molecular formula is C24H26N2O5. The van der Waals surface area contributed by atoms with E-state index < -0.39 is 11.6 Å². The highest BCUT2D eigenvalue weighted by molar-refractivity contribution is 6.10. The molecule has 1 saturated heterocycles. The van der Waals surface area contributed by atoms with Gasteiger partial charge in [0.15, 0.2) is 0 Å². The fraction of sp³-hybridized carbons (Fsp3) is 0.375. The van der Waals surface area contributed by atoms with Gasteiger partial charge < -0.3 is 19.5 Å². The molecule has 0 spiro atoms. The van der Waals surface area contributed by atoms with Crippen LogP contribution in [0, 0.1) is 0 Å². The second kappa shape index (κ2) is 8.06. The first kappa shape index (κ1) is 20.9. The van der Waals surface area contributed by atoms with Crippen molar-refractivity contribution in [1.29, 1.82) is 0 Å². The average Bonchev–Trinajstić information content (AvgIpc) is 3.33. The number of hydrogen-bond donors (Lipinski definition) is 1. The van der Waals surface area contributed by atoms with Gasteiger partial charge in [-0.15, -0.1) is 0 Å². The van der Waals surface area contributed by atoms with Gasteiger partial charge in [0.1, 0.15) is 17.5 Å². The molecule has 31 heavy (non-hydrogen) atoms. The van der Waals surface area contributed by atoms with Gasteiger partial charge in [-0.1, -0.05) is 24.3 Å². The number of ether oxygens (including phenoxy) is 2. The van der Waals surface area contributed by atoms with Gasteiger partial charge >= 0.3 is 12.1 Å². The number of nitrogens with zero attached hydrogens (tertiary/aromatic N) is 2. The SMILES string of the molecule is CC(C)(C)OC(=O)N1CCC(Oc2ccccc2C2=Nc3c(cccc3C(=O)O)C2)C1. The zero-order valence-electron chi connectivity index (χ0n) is 17.9. The summed E-state index contributed by atoms with van der Waals surface area (Å²) in [5, 5.41) is 9.45. The Morgan fingerprint density at radius 3 is 2.65 bits per heavy atom. The van der Waals surface area contributed by atoms with Crippen molar-refractivity contribution in [3.05, 3.63) is 59.2 Å². The highest BCUT2D eigenvalue weighted by Crippen LogP contribution is 2.35. The summed E-state index contributed by atoms with van der Waals surface area (Å²) in [5.74, 6) is -0.304. The van der Waals surface area contributed by atoms with Crippen molar-refractivity contribution in [1.82, 2.24) is 4.90 Å². The minimum atomic E-state index is -0.987.